The SMILES string of the molecule is Nc1ncccc1CC(=O)CC1CCOC1. The highest BCUT2D eigenvalue weighted by atomic mass is 16.5. The number of Topliss-reactive ketones (excluding diaryl/α,β-unsaturated/α-hetero) is 1. The average Bonchev–Trinajstić information content (AvgIpc) is 2.74. The van der Waals surface area contributed by atoms with Crippen LogP contribution in [0.2, 0.25) is 0 Å². The van der Waals surface area contributed by atoms with Crippen LogP contribution in [-0.4, -0.2) is 24.0 Å². The molecular weight excluding hydrogens is 204 g/mol. The number of pyridine rings is 1. The first-order valence-corrected chi connectivity index (χ1v) is 5.54. The Bertz CT molecular complexity index is 373. The van der Waals surface area contributed by atoms with Crippen molar-refractivity contribution in [2.45, 2.75) is 19.3 Å². The van der Waals surface area contributed by atoms with Crippen molar-refractivity contribution in [2.24, 2.45) is 5.92 Å². The molecule has 0 bridgehead atoms. The summed E-state index contributed by atoms with van der Waals surface area (Å²) in [7, 11) is 0. The second-order valence-corrected chi connectivity index (χ2v) is 4.20. The van der Waals surface area contributed by atoms with Crippen molar-refractivity contribution in [3.63, 3.8) is 0 Å². The zero-order chi connectivity index (χ0) is 11.4. The van der Waals surface area contributed by atoms with Crippen molar-refractivity contribution < 1.29 is 9.53 Å². The molecule has 0 spiro atoms. The van der Waals surface area contributed by atoms with E-state index in [-0.39, 0.29) is 5.78 Å². The van der Waals surface area contributed by atoms with E-state index in [9.17, 15) is 4.79 Å². The molecule has 16 heavy (non-hydrogen) atoms. The van der Waals surface area contributed by atoms with Crippen LogP contribution < -0.4 is 5.73 Å². The molecule has 1 unspecified atom stereocenters. The van der Waals surface area contributed by atoms with Crippen LogP contribution in [0, 0.1) is 5.92 Å². The lowest BCUT2D eigenvalue weighted by atomic mass is 9.98. The van der Waals surface area contributed by atoms with E-state index < -0.39 is 0 Å². The van der Waals surface area contributed by atoms with E-state index in [1.54, 1.807) is 12.3 Å². The van der Waals surface area contributed by atoms with Gasteiger partial charge in [0.2, 0.25) is 0 Å². The molecule has 4 nitrogen and oxygen atoms in total. The maximum Gasteiger partial charge on any atom is 0.137 e. The molecule has 2 rings (SSSR count). The summed E-state index contributed by atoms with van der Waals surface area (Å²) in [6.07, 6.45) is 3.60. The topological polar surface area (TPSA) is 65.2 Å². The first kappa shape index (κ1) is 11.1. The van der Waals surface area contributed by atoms with E-state index in [1.807, 2.05) is 6.07 Å². The van der Waals surface area contributed by atoms with Crippen molar-refractivity contribution in [3.8, 4) is 0 Å². The Labute approximate surface area is 94.8 Å². The number of carbonyl (C=O) groups is 1. The minimum Gasteiger partial charge on any atom is -0.383 e. The van der Waals surface area contributed by atoms with Gasteiger partial charge in [-0.25, -0.2) is 4.98 Å². The predicted molar refractivity (Wildman–Crippen MR) is 60.9 cm³/mol. The molecule has 1 aliphatic heterocycles. The third kappa shape index (κ3) is 2.79. The molecule has 1 atom stereocenters. The van der Waals surface area contributed by atoms with E-state index in [4.69, 9.17) is 10.5 Å². The Kier molecular flexibility index (Phi) is 3.51. The Hall–Kier alpha value is -1.42. The summed E-state index contributed by atoms with van der Waals surface area (Å²) in [6, 6.07) is 3.66. The van der Waals surface area contributed by atoms with Crippen LogP contribution in [0.25, 0.3) is 0 Å². The maximum absolute atomic E-state index is 11.8. The van der Waals surface area contributed by atoms with Crippen molar-refractivity contribution >= 4 is 11.6 Å². The molecular formula is C12H16N2O2. The minimum absolute atomic E-state index is 0.218. The molecule has 2 N–H and O–H groups in total. The Morgan fingerprint density at radius 3 is 3.19 bits per heavy atom. The summed E-state index contributed by atoms with van der Waals surface area (Å²) in [5.41, 5.74) is 6.51. The van der Waals surface area contributed by atoms with Gasteiger partial charge in [-0.2, -0.15) is 0 Å². The number of rotatable bonds is 4. The largest absolute Gasteiger partial charge is 0.383 e. The third-order valence-corrected chi connectivity index (χ3v) is 2.85. The molecule has 86 valence electrons. The fourth-order valence-electron chi connectivity index (χ4n) is 1.95. The van der Waals surface area contributed by atoms with Crippen LogP contribution in [0.4, 0.5) is 5.82 Å². The highest BCUT2D eigenvalue weighted by molar-refractivity contribution is 5.82. The molecule has 4 heteroatoms. The normalized spacial score (nSPS) is 19.9. The lowest BCUT2D eigenvalue weighted by Gasteiger charge is -2.07. The van der Waals surface area contributed by atoms with E-state index in [0.29, 0.717) is 31.2 Å². The first-order chi connectivity index (χ1) is 7.75. The van der Waals surface area contributed by atoms with Gasteiger partial charge in [-0.1, -0.05) is 6.07 Å². The standard InChI is InChI=1S/C12H16N2O2/c13-12-10(2-1-4-14-12)7-11(15)6-9-3-5-16-8-9/h1-2,4,9H,3,5-8H2,(H2,13,14). The van der Waals surface area contributed by atoms with E-state index in [0.717, 1.165) is 18.6 Å². The van der Waals surface area contributed by atoms with E-state index in [1.165, 1.54) is 0 Å². The molecule has 1 aliphatic rings. The molecule has 0 amide bonds. The molecule has 0 radical (unpaired) electrons. The summed E-state index contributed by atoms with van der Waals surface area (Å²) < 4.78 is 5.24. The molecule has 1 aromatic rings. The summed E-state index contributed by atoms with van der Waals surface area (Å²) in [5.74, 6) is 1.07. The Balaban J connectivity index is 1.89. The number of aromatic nitrogens is 1. The zero-order valence-electron chi connectivity index (χ0n) is 9.19. The molecule has 1 saturated heterocycles. The monoisotopic (exact) mass is 220 g/mol. The number of anilines is 1. The number of hydrogen-bond donors (Lipinski definition) is 1. The third-order valence-electron chi connectivity index (χ3n) is 2.85. The van der Waals surface area contributed by atoms with Gasteiger partial charge in [-0.05, 0) is 18.4 Å². The Morgan fingerprint density at radius 1 is 1.62 bits per heavy atom. The van der Waals surface area contributed by atoms with Crippen molar-refractivity contribution in [1.29, 1.82) is 0 Å². The van der Waals surface area contributed by atoms with Crippen LogP contribution in [0.3, 0.4) is 0 Å². The minimum atomic E-state index is 0.218. The number of carbonyl (C=O) groups excluding carboxylic acids is 1. The molecule has 0 saturated carbocycles. The predicted octanol–water partition coefficient (Wildman–Crippen LogP) is 1.20. The first-order valence-electron chi connectivity index (χ1n) is 5.54. The van der Waals surface area contributed by atoms with Crippen molar-refractivity contribution in [1.82, 2.24) is 4.98 Å². The van der Waals surface area contributed by atoms with Gasteiger partial charge in [0.1, 0.15) is 11.6 Å². The number of hydrogen-bond acceptors (Lipinski definition) is 4. The van der Waals surface area contributed by atoms with Crippen LogP contribution in [0.15, 0.2) is 18.3 Å². The second kappa shape index (κ2) is 5.07. The average molecular weight is 220 g/mol. The fraction of sp³-hybridized carbons (Fsp3) is 0.500. The van der Waals surface area contributed by atoms with E-state index in [2.05, 4.69) is 4.98 Å². The number of nitrogens with zero attached hydrogens (tertiary/aromatic N) is 1. The maximum atomic E-state index is 11.8. The molecule has 1 fully saturated rings. The van der Waals surface area contributed by atoms with Gasteiger partial charge in [-0.3, -0.25) is 4.79 Å². The number of ether oxygens (including phenoxy) is 1. The second-order valence-electron chi connectivity index (χ2n) is 4.20. The summed E-state index contributed by atoms with van der Waals surface area (Å²) in [5, 5.41) is 0. The van der Waals surface area contributed by atoms with Gasteiger partial charge in [-0.15, -0.1) is 0 Å². The lowest BCUT2D eigenvalue weighted by Crippen LogP contribution is -2.12. The highest BCUT2D eigenvalue weighted by Gasteiger charge is 2.19. The van der Waals surface area contributed by atoms with Crippen LogP contribution in [0.5, 0.6) is 0 Å². The smallest absolute Gasteiger partial charge is 0.137 e. The number of ketones is 1. The molecule has 0 aliphatic carbocycles. The van der Waals surface area contributed by atoms with Crippen molar-refractivity contribution in [2.75, 3.05) is 18.9 Å². The van der Waals surface area contributed by atoms with E-state index >= 15 is 0 Å². The van der Waals surface area contributed by atoms with Gasteiger partial charge in [0, 0.05) is 37.8 Å². The summed E-state index contributed by atoms with van der Waals surface area (Å²) >= 11 is 0. The van der Waals surface area contributed by atoms with Gasteiger partial charge in [0.25, 0.3) is 0 Å². The number of nitrogens with two attached hydrogens (primary N) is 1. The van der Waals surface area contributed by atoms with Crippen molar-refractivity contribution in [3.05, 3.63) is 23.9 Å². The van der Waals surface area contributed by atoms with Gasteiger partial charge in [0.05, 0.1) is 0 Å². The van der Waals surface area contributed by atoms with Gasteiger partial charge >= 0.3 is 0 Å². The molecule has 2 heterocycles. The summed E-state index contributed by atoms with van der Waals surface area (Å²) in [6.45, 7) is 1.50. The Morgan fingerprint density at radius 2 is 2.50 bits per heavy atom. The van der Waals surface area contributed by atoms with Gasteiger partial charge < -0.3 is 10.5 Å². The molecule has 0 aromatic carbocycles. The van der Waals surface area contributed by atoms with Gasteiger partial charge in [0.15, 0.2) is 0 Å². The van der Waals surface area contributed by atoms with Crippen LogP contribution >= 0.6 is 0 Å². The van der Waals surface area contributed by atoms with Crippen LogP contribution in [-0.2, 0) is 16.0 Å². The lowest BCUT2D eigenvalue weighted by molar-refractivity contribution is -0.119. The highest BCUT2D eigenvalue weighted by Crippen LogP contribution is 2.18. The zero-order valence-corrected chi connectivity index (χ0v) is 9.19. The quantitative estimate of drug-likeness (QED) is 0.828. The molecule has 1 aromatic heterocycles. The number of nitrogen functional groups attached to an aromatic ring is 1. The summed E-state index contributed by atoms with van der Waals surface area (Å²) in [4.78, 5) is 15.7. The fourth-order valence-corrected chi connectivity index (χ4v) is 1.95. The van der Waals surface area contributed by atoms with Crippen LogP contribution in [0.1, 0.15) is 18.4 Å².